The first-order chi connectivity index (χ1) is 13.7. The lowest BCUT2D eigenvalue weighted by Gasteiger charge is -2.37. The summed E-state index contributed by atoms with van der Waals surface area (Å²) in [6.45, 7) is 5.04. The van der Waals surface area contributed by atoms with Crippen LogP contribution in [0.4, 0.5) is 13.2 Å². The maximum absolute atomic E-state index is 12.8. The van der Waals surface area contributed by atoms with Crippen LogP contribution in [0.15, 0.2) is 0 Å². The Hall–Kier alpha value is -1.39. The zero-order chi connectivity index (χ0) is 21.2. The highest BCUT2D eigenvalue weighted by Gasteiger charge is 2.55. The number of piperazine rings is 1. The minimum absolute atomic E-state index is 0.134. The Morgan fingerprint density at radius 2 is 1.83 bits per heavy atom. The van der Waals surface area contributed by atoms with Crippen LogP contribution >= 0.6 is 0 Å². The lowest BCUT2D eigenvalue weighted by atomic mass is 9.96. The number of likely N-dealkylation sites (tertiary alicyclic amines) is 1. The van der Waals surface area contributed by atoms with Gasteiger partial charge in [0.2, 0.25) is 11.8 Å². The van der Waals surface area contributed by atoms with E-state index in [1.54, 1.807) is 0 Å². The number of aliphatic hydroxyl groups excluding tert-OH is 1. The minimum Gasteiger partial charge on any atom is -0.391 e. The molecule has 1 aliphatic carbocycles. The number of nitrogens with zero attached hydrogens (tertiary/aromatic N) is 3. The van der Waals surface area contributed by atoms with Crippen LogP contribution in [-0.2, 0) is 9.59 Å². The fourth-order valence-electron chi connectivity index (χ4n) is 4.78. The Kier molecular flexibility index (Phi) is 7.06. The van der Waals surface area contributed by atoms with Crippen molar-refractivity contribution in [2.45, 2.75) is 56.5 Å². The van der Waals surface area contributed by atoms with Gasteiger partial charge in [-0.25, -0.2) is 0 Å². The molecule has 2 heterocycles. The molecule has 1 saturated carbocycles. The van der Waals surface area contributed by atoms with E-state index in [2.05, 4.69) is 22.2 Å². The molecule has 0 spiro atoms. The van der Waals surface area contributed by atoms with Gasteiger partial charge in [-0.1, -0.05) is 0 Å². The van der Waals surface area contributed by atoms with Crippen LogP contribution in [0.5, 0.6) is 0 Å². The molecule has 7 nitrogen and oxygen atoms in total. The van der Waals surface area contributed by atoms with Gasteiger partial charge in [-0.05, 0) is 32.2 Å². The molecule has 2 saturated heterocycles. The van der Waals surface area contributed by atoms with Crippen molar-refractivity contribution in [3.63, 3.8) is 0 Å². The second-order valence-electron chi connectivity index (χ2n) is 8.52. The fourth-order valence-corrected chi connectivity index (χ4v) is 4.78. The minimum atomic E-state index is -4.30. The maximum Gasteiger partial charge on any atom is 0.389 e. The van der Waals surface area contributed by atoms with Crippen molar-refractivity contribution in [3.05, 3.63) is 0 Å². The number of nitrogens with one attached hydrogen (secondary N) is 1. The number of halogens is 3. The summed E-state index contributed by atoms with van der Waals surface area (Å²) in [4.78, 5) is 31.3. The van der Waals surface area contributed by atoms with Crippen LogP contribution in [0.3, 0.4) is 0 Å². The van der Waals surface area contributed by atoms with E-state index in [0.29, 0.717) is 19.4 Å². The molecule has 0 aromatic carbocycles. The van der Waals surface area contributed by atoms with E-state index in [-0.39, 0.29) is 24.7 Å². The van der Waals surface area contributed by atoms with Gasteiger partial charge in [0, 0.05) is 52.1 Å². The van der Waals surface area contributed by atoms with Gasteiger partial charge in [0.25, 0.3) is 0 Å². The van der Waals surface area contributed by atoms with Gasteiger partial charge in [0.05, 0.1) is 12.1 Å². The molecule has 10 heteroatoms. The normalized spacial score (nSPS) is 30.7. The van der Waals surface area contributed by atoms with Crippen molar-refractivity contribution in [1.29, 1.82) is 0 Å². The third-order valence-corrected chi connectivity index (χ3v) is 6.37. The fraction of sp³-hybridized carbons (Fsp3) is 0.895. The second-order valence-corrected chi connectivity index (χ2v) is 8.52. The van der Waals surface area contributed by atoms with Gasteiger partial charge in [-0.15, -0.1) is 0 Å². The summed E-state index contributed by atoms with van der Waals surface area (Å²) < 4.78 is 37.1. The molecule has 0 radical (unpaired) electrons. The van der Waals surface area contributed by atoms with Crippen molar-refractivity contribution < 1.29 is 27.9 Å². The number of hydrogen-bond donors (Lipinski definition) is 2. The van der Waals surface area contributed by atoms with Crippen molar-refractivity contribution in [1.82, 2.24) is 20.0 Å². The van der Waals surface area contributed by atoms with Crippen LogP contribution in [0.2, 0.25) is 0 Å². The largest absolute Gasteiger partial charge is 0.391 e. The number of fused-ring (bicyclic) bond motifs is 2. The van der Waals surface area contributed by atoms with Gasteiger partial charge in [0.1, 0.15) is 6.04 Å². The summed E-state index contributed by atoms with van der Waals surface area (Å²) >= 11 is 0. The lowest BCUT2D eigenvalue weighted by Crippen LogP contribution is -2.57. The van der Waals surface area contributed by atoms with Crippen molar-refractivity contribution in [2.75, 3.05) is 46.3 Å². The highest BCUT2D eigenvalue weighted by molar-refractivity contribution is 5.89. The summed E-state index contributed by atoms with van der Waals surface area (Å²) in [5, 5.41) is 13.0. The molecule has 2 aliphatic heterocycles. The third kappa shape index (κ3) is 5.61. The maximum atomic E-state index is 12.8. The molecule has 4 atom stereocenters. The molecule has 166 valence electrons. The van der Waals surface area contributed by atoms with Crippen molar-refractivity contribution in [3.8, 4) is 0 Å². The first kappa shape index (κ1) is 22.3. The second kappa shape index (κ2) is 9.18. The molecule has 0 aromatic rings. The Labute approximate surface area is 169 Å². The number of hydrogen-bond acceptors (Lipinski definition) is 5. The molecular formula is C19H31F3N4O3. The molecule has 3 unspecified atom stereocenters. The average Bonchev–Trinajstić information content (AvgIpc) is 3.19. The predicted molar refractivity (Wildman–Crippen MR) is 100 cm³/mol. The van der Waals surface area contributed by atoms with E-state index in [4.69, 9.17) is 0 Å². The molecule has 3 rings (SSSR count). The topological polar surface area (TPSA) is 76.1 Å². The molecule has 2 amide bonds. The summed E-state index contributed by atoms with van der Waals surface area (Å²) in [6, 6.07) is -1.15. The molecule has 29 heavy (non-hydrogen) atoms. The van der Waals surface area contributed by atoms with Gasteiger partial charge in [-0.2, -0.15) is 13.2 Å². The van der Waals surface area contributed by atoms with Crippen molar-refractivity contribution >= 4 is 11.8 Å². The summed E-state index contributed by atoms with van der Waals surface area (Å²) in [5.41, 5.74) is 0. The highest BCUT2D eigenvalue weighted by atomic mass is 19.4. The van der Waals surface area contributed by atoms with Crippen LogP contribution in [0.25, 0.3) is 0 Å². The van der Waals surface area contributed by atoms with E-state index in [1.807, 2.05) is 0 Å². The van der Waals surface area contributed by atoms with Gasteiger partial charge >= 0.3 is 6.18 Å². The Morgan fingerprint density at radius 1 is 1.14 bits per heavy atom. The number of alkyl halides is 3. The lowest BCUT2D eigenvalue weighted by molar-refractivity contribution is -0.149. The zero-order valence-electron chi connectivity index (χ0n) is 16.8. The van der Waals surface area contributed by atoms with Crippen LogP contribution in [0, 0.1) is 5.92 Å². The summed E-state index contributed by atoms with van der Waals surface area (Å²) in [5.74, 6) is -0.868. The van der Waals surface area contributed by atoms with Crippen molar-refractivity contribution in [2.24, 2.45) is 5.92 Å². The third-order valence-electron chi connectivity index (χ3n) is 6.37. The number of rotatable bonds is 7. The molecule has 2 bridgehead atoms. The highest BCUT2D eigenvalue weighted by Crippen LogP contribution is 2.43. The van der Waals surface area contributed by atoms with Crippen LogP contribution < -0.4 is 5.32 Å². The first-order valence-corrected chi connectivity index (χ1v) is 10.4. The number of piperidine rings is 1. The summed E-state index contributed by atoms with van der Waals surface area (Å²) in [7, 11) is 2.07. The molecule has 3 aliphatic rings. The standard InChI is InChI=1S/C19H31F3N4O3/c1-24-7-9-25(10-8-24)6-5-23-18(29)17-13-11-14(15(27)12-13)26(17)16(28)3-2-4-19(20,21)22/h13-15,17,27H,2-12H2,1H3,(H,23,29)/t13?,14?,15?,17-/m1/s1. The average molecular weight is 420 g/mol. The molecule has 3 fully saturated rings. The number of carbonyl (C=O) groups is 2. The monoisotopic (exact) mass is 420 g/mol. The first-order valence-electron chi connectivity index (χ1n) is 10.4. The Morgan fingerprint density at radius 3 is 2.48 bits per heavy atom. The quantitative estimate of drug-likeness (QED) is 0.625. The van der Waals surface area contributed by atoms with Gasteiger partial charge in [0.15, 0.2) is 0 Å². The van der Waals surface area contributed by atoms with E-state index in [9.17, 15) is 27.9 Å². The smallest absolute Gasteiger partial charge is 0.389 e. The van der Waals surface area contributed by atoms with Gasteiger partial charge in [-0.3, -0.25) is 14.5 Å². The number of likely N-dealkylation sites (N-methyl/N-ethyl adjacent to an activating group) is 1. The Balaban J connectivity index is 1.51. The Bertz CT molecular complexity index is 596. The van der Waals surface area contributed by atoms with E-state index >= 15 is 0 Å². The van der Waals surface area contributed by atoms with Crippen LogP contribution in [0.1, 0.15) is 32.1 Å². The number of carbonyl (C=O) groups excluding carboxylic acids is 2. The van der Waals surface area contributed by atoms with Crippen LogP contribution in [-0.4, -0.2) is 102 Å². The van der Waals surface area contributed by atoms with E-state index < -0.39 is 36.7 Å². The predicted octanol–water partition coefficient (Wildman–Crippen LogP) is 0.433. The number of amides is 2. The SMILES string of the molecule is CN1CCN(CCNC(=O)[C@H]2C3CC(O)C(C3)N2C(=O)CCCC(F)(F)F)CC1. The van der Waals surface area contributed by atoms with E-state index in [1.165, 1.54) is 4.90 Å². The van der Waals surface area contributed by atoms with Gasteiger partial charge < -0.3 is 20.2 Å². The molecule has 0 aromatic heterocycles. The summed E-state index contributed by atoms with van der Waals surface area (Å²) in [6.07, 6.45) is -5.61. The zero-order valence-corrected chi connectivity index (χ0v) is 16.8. The van der Waals surface area contributed by atoms with E-state index in [0.717, 1.165) is 32.7 Å². The molecule has 2 N–H and O–H groups in total. The number of aliphatic hydroxyl groups is 1. The molecular weight excluding hydrogens is 389 g/mol.